The number of hydrogen-bond donors (Lipinski definition) is 2. The van der Waals surface area contributed by atoms with Crippen LogP contribution in [0.25, 0.3) is 0 Å². The van der Waals surface area contributed by atoms with Crippen molar-refractivity contribution in [2.45, 2.75) is 13.0 Å². The van der Waals surface area contributed by atoms with Crippen molar-refractivity contribution in [3.8, 4) is 0 Å². The van der Waals surface area contributed by atoms with E-state index in [2.05, 4.69) is 70.8 Å². The van der Waals surface area contributed by atoms with Crippen LogP contribution in [0.5, 0.6) is 0 Å². The molecule has 1 aromatic rings. The maximum atomic E-state index is 5.07. The molecule has 0 heterocycles. The average molecular weight is 335 g/mol. The number of benzene rings is 1. The van der Waals surface area contributed by atoms with E-state index in [4.69, 9.17) is 4.74 Å². The van der Waals surface area contributed by atoms with Crippen LogP contribution >= 0.6 is 0 Å². The first-order chi connectivity index (χ1) is 11.6. The van der Waals surface area contributed by atoms with E-state index in [1.807, 2.05) is 0 Å². The lowest BCUT2D eigenvalue weighted by atomic mass is 10.2. The molecule has 0 bridgehead atoms. The topological polar surface area (TPSA) is 52.1 Å². The summed E-state index contributed by atoms with van der Waals surface area (Å²) in [7, 11) is 9.77. The highest BCUT2D eigenvalue weighted by Gasteiger charge is 2.02. The number of nitrogens with zero attached hydrogens (tertiary/aromatic N) is 3. The molecule has 0 unspecified atom stereocenters. The first-order valence-corrected chi connectivity index (χ1v) is 8.45. The van der Waals surface area contributed by atoms with Gasteiger partial charge in [0.25, 0.3) is 0 Å². The smallest absolute Gasteiger partial charge is 0.191 e. The molecule has 0 saturated carbocycles. The zero-order chi connectivity index (χ0) is 17.8. The van der Waals surface area contributed by atoms with Crippen molar-refractivity contribution in [1.29, 1.82) is 0 Å². The molecule has 0 amide bonds. The first-order valence-electron chi connectivity index (χ1n) is 8.45. The van der Waals surface area contributed by atoms with Gasteiger partial charge in [0.05, 0.1) is 0 Å². The second-order valence-electron chi connectivity index (χ2n) is 6.07. The molecule has 6 nitrogen and oxygen atoms in total. The van der Waals surface area contributed by atoms with Gasteiger partial charge in [-0.3, -0.25) is 4.99 Å². The van der Waals surface area contributed by atoms with Gasteiger partial charge in [-0.25, -0.2) is 0 Å². The predicted molar refractivity (Wildman–Crippen MR) is 103 cm³/mol. The molecule has 1 rings (SSSR count). The first kappa shape index (κ1) is 20.3. The summed E-state index contributed by atoms with van der Waals surface area (Å²) in [6, 6.07) is 8.49. The van der Waals surface area contributed by atoms with E-state index in [9.17, 15) is 0 Å². The lowest BCUT2D eigenvalue weighted by Crippen LogP contribution is -2.40. The minimum absolute atomic E-state index is 0.755. The van der Waals surface area contributed by atoms with Crippen LogP contribution in [0.2, 0.25) is 0 Å². The third-order valence-corrected chi connectivity index (χ3v) is 3.78. The number of methoxy groups -OCH3 is 1. The molecule has 0 saturated heterocycles. The van der Waals surface area contributed by atoms with Gasteiger partial charge in [0, 0.05) is 66.7 Å². The summed E-state index contributed by atoms with van der Waals surface area (Å²) < 4.78 is 5.07. The molecule has 2 N–H and O–H groups in total. The van der Waals surface area contributed by atoms with Crippen molar-refractivity contribution in [1.82, 2.24) is 15.5 Å². The van der Waals surface area contributed by atoms with Crippen molar-refractivity contribution in [3.05, 3.63) is 29.8 Å². The molecule has 0 aliphatic carbocycles. The van der Waals surface area contributed by atoms with Crippen LogP contribution in [0.15, 0.2) is 29.3 Å². The molecule has 0 aliphatic rings. The Kier molecular flexibility index (Phi) is 9.88. The van der Waals surface area contributed by atoms with Gasteiger partial charge in [-0.15, -0.1) is 0 Å². The van der Waals surface area contributed by atoms with E-state index >= 15 is 0 Å². The van der Waals surface area contributed by atoms with E-state index in [1.54, 1.807) is 14.2 Å². The Bertz CT molecular complexity index is 490. The molecule has 0 aliphatic heterocycles. The second kappa shape index (κ2) is 11.7. The number of aliphatic imine (C=N–C) groups is 1. The number of likely N-dealkylation sites (N-methyl/N-ethyl adjacent to an activating group) is 1. The van der Waals surface area contributed by atoms with Crippen molar-refractivity contribution >= 4 is 11.6 Å². The summed E-state index contributed by atoms with van der Waals surface area (Å²) in [4.78, 5) is 8.68. The number of ether oxygens (including phenoxy) is 1. The monoisotopic (exact) mass is 335 g/mol. The fraction of sp³-hybridized carbons (Fsp3) is 0.611. The Morgan fingerprint density at radius 2 is 1.96 bits per heavy atom. The Morgan fingerprint density at radius 1 is 1.17 bits per heavy atom. The van der Waals surface area contributed by atoms with Gasteiger partial charge in [0.1, 0.15) is 0 Å². The van der Waals surface area contributed by atoms with E-state index in [0.29, 0.717) is 0 Å². The highest BCUT2D eigenvalue weighted by molar-refractivity contribution is 5.79. The molecular weight excluding hydrogens is 302 g/mol. The molecular formula is C18H33N5O. The summed E-state index contributed by atoms with van der Waals surface area (Å²) in [6.07, 6.45) is 1.06. The summed E-state index contributed by atoms with van der Waals surface area (Å²) in [5, 5.41) is 6.71. The minimum Gasteiger partial charge on any atom is -0.385 e. The Balaban J connectivity index is 2.31. The summed E-state index contributed by atoms with van der Waals surface area (Å²) in [6.45, 7) is 4.44. The van der Waals surface area contributed by atoms with Crippen molar-refractivity contribution in [3.63, 3.8) is 0 Å². The van der Waals surface area contributed by atoms with E-state index in [1.165, 1.54) is 11.3 Å². The highest BCUT2D eigenvalue weighted by Crippen LogP contribution is 2.12. The molecule has 0 fully saturated rings. The molecule has 0 atom stereocenters. The Hall–Kier alpha value is -1.79. The third kappa shape index (κ3) is 8.17. The molecule has 24 heavy (non-hydrogen) atoms. The molecule has 0 aromatic heterocycles. The largest absolute Gasteiger partial charge is 0.385 e. The zero-order valence-corrected chi connectivity index (χ0v) is 15.8. The molecule has 0 radical (unpaired) electrons. The Morgan fingerprint density at radius 3 is 2.62 bits per heavy atom. The van der Waals surface area contributed by atoms with Gasteiger partial charge in [-0.1, -0.05) is 12.1 Å². The predicted octanol–water partition coefficient (Wildman–Crippen LogP) is 1.39. The van der Waals surface area contributed by atoms with E-state index in [0.717, 1.165) is 45.2 Å². The number of rotatable bonds is 10. The molecule has 0 spiro atoms. The van der Waals surface area contributed by atoms with Crippen molar-refractivity contribution < 1.29 is 4.74 Å². The number of guanidine groups is 1. The summed E-state index contributed by atoms with van der Waals surface area (Å²) in [5.41, 5.74) is 2.44. The molecule has 136 valence electrons. The number of nitrogens with one attached hydrogen (secondary N) is 2. The summed E-state index contributed by atoms with van der Waals surface area (Å²) >= 11 is 0. The van der Waals surface area contributed by atoms with Crippen LogP contribution in [0, 0.1) is 0 Å². The SMILES string of the molecule is CN=C(NCCN(C)CCCOC)NCc1cccc(N(C)C)c1. The fourth-order valence-electron chi connectivity index (χ4n) is 2.31. The van der Waals surface area contributed by atoms with Crippen LogP contribution < -0.4 is 15.5 Å². The van der Waals surface area contributed by atoms with E-state index < -0.39 is 0 Å². The van der Waals surface area contributed by atoms with Crippen LogP contribution in [0.1, 0.15) is 12.0 Å². The van der Waals surface area contributed by atoms with Crippen LogP contribution in [-0.4, -0.2) is 72.4 Å². The summed E-state index contributed by atoms with van der Waals surface area (Å²) in [5.74, 6) is 0.829. The maximum Gasteiger partial charge on any atom is 0.191 e. The van der Waals surface area contributed by atoms with Gasteiger partial charge in [-0.05, 0) is 31.2 Å². The van der Waals surface area contributed by atoms with Crippen LogP contribution in [0.4, 0.5) is 5.69 Å². The quantitative estimate of drug-likeness (QED) is 0.384. The van der Waals surface area contributed by atoms with E-state index in [-0.39, 0.29) is 0 Å². The normalized spacial score (nSPS) is 11.7. The van der Waals surface area contributed by atoms with Gasteiger partial charge in [0.15, 0.2) is 5.96 Å². The van der Waals surface area contributed by atoms with Crippen LogP contribution in [0.3, 0.4) is 0 Å². The average Bonchev–Trinajstić information content (AvgIpc) is 2.58. The lowest BCUT2D eigenvalue weighted by Gasteiger charge is -2.18. The molecule has 6 heteroatoms. The van der Waals surface area contributed by atoms with Gasteiger partial charge < -0.3 is 25.2 Å². The third-order valence-electron chi connectivity index (χ3n) is 3.78. The van der Waals surface area contributed by atoms with Gasteiger partial charge in [0.2, 0.25) is 0 Å². The zero-order valence-electron chi connectivity index (χ0n) is 15.8. The molecule has 1 aromatic carbocycles. The lowest BCUT2D eigenvalue weighted by molar-refractivity contribution is 0.180. The van der Waals surface area contributed by atoms with Gasteiger partial charge >= 0.3 is 0 Å². The maximum absolute atomic E-state index is 5.07. The van der Waals surface area contributed by atoms with Gasteiger partial charge in [-0.2, -0.15) is 0 Å². The van der Waals surface area contributed by atoms with Crippen molar-refractivity contribution in [2.75, 3.05) is 66.4 Å². The standard InChI is InChI=1S/C18H33N5O/c1-19-18(20-10-12-23(4)11-7-13-24-5)21-15-16-8-6-9-17(14-16)22(2)3/h6,8-9,14H,7,10-13,15H2,1-5H3,(H2,19,20,21). The fourth-order valence-corrected chi connectivity index (χ4v) is 2.31. The number of anilines is 1. The minimum atomic E-state index is 0.755. The second-order valence-corrected chi connectivity index (χ2v) is 6.07. The number of hydrogen-bond acceptors (Lipinski definition) is 4. The van der Waals surface area contributed by atoms with Crippen molar-refractivity contribution in [2.24, 2.45) is 4.99 Å². The highest BCUT2D eigenvalue weighted by atomic mass is 16.5. The van der Waals surface area contributed by atoms with Crippen LogP contribution in [-0.2, 0) is 11.3 Å². The Labute approximate surface area is 146 Å².